The van der Waals surface area contributed by atoms with Gasteiger partial charge in [-0.3, -0.25) is 10.1 Å². The molecule has 0 aromatic heterocycles. The first kappa shape index (κ1) is 15.3. The first-order valence-electron chi connectivity index (χ1n) is 6.48. The van der Waals surface area contributed by atoms with Crippen LogP contribution in [-0.2, 0) is 0 Å². The molecule has 6 heteroatoms. The Morgan fingerprint density at radius 3 is 2.62 bits per heavy atom. The average Bonchev–Trinajstić information content (AvgIpc) is 2.48. The van der Waals surface area contributed by atoms with E-state index in [1.165, 1.54) is 6.07 Å². The third-order valence-electron chi connectivity index (χ3n) is 3.23. The van der Waals surface area contributed by atoms with E-state index in [-0.39, 0.29) is 16.8 Å². The Bertz CT molecular complexity index is 647. The van der Waals surface area contributed by atoms with Crippen molar-refractivity contribution in [3.8, 4) is 0 Å². The van der Waals surface area contributed by atoms with Crippen LogP contribution < -0.4 is 11.1 Å². The summed E-state index contributed by atoms with van der Waals surface area (Å²) in [5, 5.41) is 14.1. The highest BCUT2D eigenvalue weighted by Gasteiger charge is 2.15. The van der Waals surface area contributed by atoms with E-state index in [0.717, 1.165) is 16.8 Å². The van der Waals surface area contributed by atoms with E-state index < -0.39 is 4.92 Å². The van der Waals surface area contributed by atoms with E-state index in [0.29, 0.717) is 6.54 Å². The van der Waals surface area contributed by atoms with Crippen LogP contribution in [0.5, 0.6) is 0 Å². The van der Waals surface area contributed by atoms with Gasteiger partial charge in [0.25, 0.3) is 5.69 Å². The molecule has 21 heavy (non-hydrogen) atoms. The largest absolute Gasteiger partial charge is 0.383 e. The lowest BCUT2D eigenvalue weighted by Crippen LogP contribution is -2.20. The predicted octanol–water partition coefficient (Wildman–Crippen LogP) is 3.67. The summed E-state index contributed by atoms with van der Waals surface area (Å²) in [7, 11) is 0. The predicted molar refractivity (Wildman–Crippen MR) is 84.7 cm³/mol. The first-order valence-corrected chi connectivity index (χ1v) is 6.85. The van der Waals surface area contributed by atoms with Crippen LogP contribution in [0.4, 0.5) is 11.4 Å². The molecule has 0 heterocycles. The number of hydrogen-bond donors (Lipinski definition) is 2. The Labute approximate surface area is 127 Å². The van der Waals surface area contributed by atoms with Crippen LogP contribution in [0.3, 0.4) is 0 Å². The fourth-order valence-corrected chi connectivity index (χ4v) is 2.27. The molecule has 0 aliphatic carbocycles. The molecule has 0 spiro atoms. The molecule has 0 fully saturated rings. The number of nitrogens with one attached hydrogen (secondary N) is 1. The Morgan fingerprint density at radius 2 is 2.00 bits per heavy atom. The molecule has 1 atom stereocenters. The number of anilines is 1. The van der Waals surface area contributed by atoms with E-state index in [9.17, 15) is 10.1 Å². The van der Waals surface area contributed by atoms with E-state index in [4.69, 9.17) is 17.3 Å². The van der Waals surface area contributed by atoms with Gasteiger partial charge in [0, 0.05) is 24.3 Å². The van der Waals surface area contributed by atoms with Crippen molar-refractivity contribution in [2.45, 2.75) is 13.0 Å². The minimum Gasteiger partial charge on any atom is -0.383 e. The summed E-state index contributed by atoms with van der Waals surface area (Å²) in [6, 6.07) is 12.6. The Balaban J connectivity index is 2.10. The molecule has 1 unspecified atom stereocenters. The molecule has 0 radical (unpaired) electrons. The number of hydrogen-bond acceptors (Lipinski definition) is 4. The van der Waals surface area contributed by atoms with Crippen molar-refractivity contribution >= 4 is 23.0 Å². The second-order valence-electron chi connectivity index (χ2n) is 4.77. The zero-order valence-corrected chi connectivity index (χ0v) is 12.3. The SMILES string of the molecule is Cc1cc([N+](=O)[O-])c(Cl)cc1NCC(N)c1ccccc1. The monoisotopic (exact) mass is 305 g/mol. The molecule has 2 aromatic carbocycles. The Hall–Kier alpha value is -2.11. The average molecular weight is 306 g/mol. The number of nitrogens with zero attached hydrogens (tertiary/aromatic N) is 1. The van der Waals surface area contributed by atoms with Gasteiger partial charge in [0.1, 0.15) is 5.02 Å². The first-order chi connectivity index (χ1) is 9.99. The molecule has 3 N–H and O–H groups in total. The highest BCUT2D eigenvalue weighted by molar-refractivity contribution is 6.33. The van der Waals surface area contributed by atoms with Crippen LogP contribution >= 0.6 is 11.6 Å². The standard InChI is InChI=1S/C15H16ClN3O2/c1-10-7-15(19(20)21)12(16)8-14(10)18-9-13(17)11-5-3-2-4-6-11/h2-8,13,18H,9,17H2,1H3. The third kappa shape index (κ3) is 3.71. The van der Waals surface area contributed by atoms with Crippen LogP contribution in [0.25, 0.3) is 0 Å². The van der Waals surface area contributed by atoms with E-state index in [1.54, 1.807) is 13.0 Å². The smallest absolute Gasteiger partial charge is 0.288 e. The van der Waals surface area contributed by atoms with Crippen LogP contribution in [-0.4, -0.2) is 11.5 Å². The second kappa shape index (κ2) is 6.56. The number of nitro benzene ring substituents is 1. The number of nitro groups is 1. The van der Waals surface area contributed by atoms with E-state index in [1.807, 2.05) is 30.3 Å². The van der Waals surface area contributed by atoms with Crippen molar-refractivity contribution in [3.05, 3.63) is 68.7 Å². The van der Waals surface area contributed by atoms with Crippen LogP contribution in [0.15, 0.2) is 42.5 Å². The zero-order valence-electron chi connectivity index (χ0n) is 11.5. The minimum absolute atomic E-state index is 0.0907. The number of halogens is 1. The molecule has 2 aromatic rings. The molecule has 2 rings (SSSR count). The van der Waals surface area contributed by atoms with Crippen molar-refractivity contribution in [3.63, 3.8) is 0 Å². The van der Waals surface area contributed by atoms with Gasteiger partial charge in [0.15, 0.2) is 0 Å². The Kier molecular flexibility index (Phi) is 4.77. The van der Waals surface area contributed by atoms with Gasteiger partial charge in [-0.25, -0.2) is 0 Å². The highest BCUT2D eigenvalue weighted by Crippen LogP contribution is 2.30. The maximum atomic E-state index is 10.8. The molecule has 5 nitrogen and oxygen atoms in total. The molecule has 0 saturated carbocycles. The van der Waals surface area contributed by atoms with Crippen molar-refractivity contribution in [2.75, 3.05) is 11.9 Å². The van der Waals surface area contributed by atoms with Gasteiger partial charge in [0.2, 0.25) is 0 Å². The number of aryl methyl sites for hydroxylation is 1. The summed E-state index contributed by atoms with van der Waals surface area (Å²) in [4.78, 5) is 10.3. The third-order valence-corrected chi connectivity index (χ3v) is 3.53. The van der Waals surface area contributed by atoms with Gasteiger partial charge < -0.3 is 11.1 Å². The van der Waals surface area contributed by atoms with Gasteiger partial charge in [-0.15, -0.1) is 0 Å². The van der Waals surface area contributed by atoms with Gasteiger partial charge in [0.05, 0.1) is 4.92 Å². The Morgan fingerprint density at radius 1 is 1.33 bits per heavy atom. The molecule has 0 aliphatic rings. The maximum Gasteiger partial charge on any atom is 0.288 e. The van der Waals surface area contributed by atoms with Gasteiger partial charge in [-0.2, -0.15) is 0 Å². The minimum atomic E-state index is -0.491. The van der Waals surface area contributed by atoms with Gasteiger partial charge >= 0.3 is 0 Å². The fourth-order valence-electron chi connectivity index (χ4n) is 2.03. The van der Waals surface area contributed by atoms with Crippen LogP contribution in [0.2, 0.25) is 5.02 Å². The fraction of sp³-hybridized carbons (Fsp3) is 0.200. The molecule has 110 valence electrons. The zero-order chi connectivity index (χ0) is 15.4. The molecule has 0 saturated heterocycles. The van der Waals surface area contributed by atoms with Gasteiger partial charge in [-0.05, 0) is 24.1 Å². The number of benzene rings is 2. The lowest BCUT2D eigenvalue weighted by atomic mass is 10.1. The molecule has 0 amide bonds. The normalized spacial score (nSPS) is 12.0. The summed E-state index contributed by atoms with van der Waals surface area (Å²) in [5.74, 6) is 0. The number of rotatable bonds is 5. The second-order valence-corrected chi connectivity index (χ2v) is 5.18. The van der Waals surface area contributed by atoms with Gasteiger partial charge in [-0.1, -0.05) is 41.9 Å². The summed E-state index contributed by atoms with van der Waals surface area (Å²) in [6.45, 7) is 2.30. The summed E-state index contributed by atoms with van der Waals surface area (Å²) in [5.41, 5.74) is 8.54. The van der Waals surface area contributed by atoms with Crippen LogP contribution in [0.1, 0.15) is 17.2 Å². The van der Waals surface area contributed by atoms with Crippen molar-refractivity contribution in [1.29, 1.82) is 0 Å². The lowest BCUT2D eigenvalue weighted by Gasteiger charge is -2.15. The summed E-state index contributed by atoms with van der Waals surface area (Å²) in [6.07, 6.45) is 0. The molecule has 0 aliphatic heterocycles. The number of nitrogens with two attached hydrogens (primary N) is 1. The topological polar surface area (TPSA) is 81.2 Å². The van der Waals surface area contributed by atoms with Crippen molar-refractivity contribution in [2.24, 2.45) is 5.73 Å². The van der Waals surface area contributed by atoms with E-state index in [2.05, 4.69) is 5.32 Å². The van der Waals surface area contributed by atoms with Crippen LogP contribution in [0, 0.1) is 17.0 Å². The van der Waals surface area contributed by atoms with Crippen molar-refractivity contribution < 1.29 is 4.92 Å². The maximum absolute atomic E-state index is 10.8. The summed E-state index contributed by atoms with van der Waals surface area (Å²) < 4.78 is 0. The summed E-state index contributed by atoms with van der Waals surface area (Å²) >= 11 is 5.92. The molecular formula is C15H16ClN3O2. The van der Waals surface area contributed by atoms with Crippen molar-refractivity contribution in [1.82, 2.24) is 0 Å². The highest BCUT2D eigenvalue weighted by atomic mass is 35.5. The van der Waals surface area contributed by atoms with E-state index >= 15 is 0 Å². The lowest BCUT2D eigenvalue weighted by molar-refractivity contribution is -0.384. The quantitative estimate of drug-likeness (QED) is 0.652. The molecule has 0 bridgehead atoms. The molecular weight excluding hydrogens is 290 g/mol.